The molecule has 0 heterocycles. The molecule has 0 aromatic heterocycles. The minimum Gasteiger partial charge on any atom is -0.491 e. The SMILES string of the molecule is CNCC(=O)NCC(O)COc1ccc(C(F)(F)F)cc1. The van der Waals surface area contributed by atoms with Gasteiger partial charge in [0.1, 0.15) is 18.5 Å². The quantitative estimate of drug-likeness (QED) is 0.696. The van der Waals surface area contributed by atoms with Crippen LogP contribution in [0.2, 0.25) is 0 Å². The zero-order valence-corrected chi connectivity index (χ0v) is 11.4. The molecule has 1 atom stereocenters. The maximum absolute atomic E-state index is 12.3. The van der Waals surface area contributed by atoms with Gasteiger partial charge in [-0.3, -0.25) is 4.79 Å². The van der Waals surface area contributed by atoms with Crippen LogP contribution < -0.4 is 15.4 Å². The number of likely N-dealkylation sites (N-methyl/N-ethyl adjacent to an activating group) is 1. The van der Waals surface area contributed by atoms with E-state index in [1.807, 2.05) is 0 Å². The van der Waals surface area contributed by atoms with Gasteiger partial charge in [0.15, 0.2) is 0 Å². The smallest absolute Gasteiger partial charge is 0.416 e. The maximum atomic E-state index is 12.3. The maximum Gasteiger partial charge on any atom is 0.416 e. The molecule has 0 saturated heterocycles. The highest BCUT2D eigenvalue weighted by Gasteiger charge is 2.30. The van der Waals surface area contributed by atoms with Gasteiger partial charge in [-0.25, -0.2) is 0 Å². The third-order valence-corrected chi connectivity index (χ3v) is 2.50. The van der Waals surface area contributed by atoms with Crippen LogP contribution in [-0.4, -0.2) is 43.9 Å². The van der Waals surface area contributed by atoms with E-state index < -0.39 is 17.8 Å². The van der Waals surface area contributed by atoms with Crippen LogP contribution in [0.25, 0.3) is 0 Å². The highest BCUT2D eigenvalue weighted by Crippen LogP contribution is 2.30. The molecule has 8 heteroatoms. The number of nitrogens with one attached hydrogen (secondary N) is 2. The summed E-state index contributed by atoms with van der Waals surface area (Å²) in [4.78, 5) is 11.1. The minimum absolute atomic E-state index is 0.00114. The first kappa shape index (κ1) is 17.3. The number of aliphatic hydroxyl groups excluding tert-OH is 1. The first-order valence-corrected chi connectivity index (χ1v) is 6.22. The lowest BCUT2D eigenvalue weighted by Crippen LogP contribution is -2.39. The normalized spacial score (nSPS) is 12.8. The molecule has 1 amide bonds. The Balaban J connectivity index is 2.36. The molecule has 1 unspecified atom stereocenters. The molecule has 0 aliphatic heterocycles. The average molecular weight is 306 g/mol. The summed E-state index contributed by atoms with van der Waals surface area (Å²) < 4.78 is 42.2. The number of ether oxygens (including phenoxy) is 1. The fourth-order valence-electron chi connectivity index (χ4n) is 1.45. The molecule has 21 heavy (non-hydrogen) atoms. The van der Waals surface area contributed by atoms with Crippen LogP contribution >= 0.6 is 0 Å². The van der Waals surface area contributed by atoms with Crippen molar-refractivity contribution in [1.29, 1.82) is 0 Å². The van der Waals surface area contributed by atoms with E-state index in [-0.39, 0.29) is 31.4 Å². The lowest BCUT2D eigenvalue weighted by Gasteiger charge is -2.14. The van der Waals surface area contributed by atoms with Gasteiger partial charge in [0, 0.05) is 6.54 Å². The standard InChI is InChI=1S/C13H17F3N2O3/c1-17-7-12(20)18-6-10(19)8-21-11-4-2-9(3-5-11)13(14,15)16/h2-5,10,17,19H,6-8H2,1H3,(H,18,20). The van der Waals surface area contributed by atoms with Crippen LogP contribution in [0.15, 0.2) is 24.3 Å². The predicted octanol–water partition coefficient (Wildman–Crippen LogP) is 0.781. The van der Waals surface area contributed by atoms with Gasteiger partial charge in [-0.1, -0.05) is 0 Å². The van der Waals surface area contributed by atoms with Crippen molar-refractivity contribution < 1.29 is 27.8 Å². The van der Waals surface area contributed by atoms with E-state index in [2.05, 4.69) is 10.6 Å². The minimum atomic E-state index is -4.39. The largest absolute Gasteiger partial charge is 0.491 e. The van der Waals surface area contributed by atoms with Gasteiger partial charge in [-0.2, -0.15) is 13.2 Å². The number of carbonyl (C=O) groups is 1. The van der Waals surface area contributed by atoms with Gasteiger partial charge in [-0.05, 0) is 31.3 Å². The molecule has 0 aliphatic rings. The van der Waals surface area contributed by atoms with E-state index >= 15 is 0 Å². The van der Waals surface area contributed by atoms with Crippen LogP contribution in [0.1, 0.15) is 5.56 Å². The Hall–Kier alpha value is -1.80. The van der Waals surface area contributed by atoms with Gasteiger partial charge >= 0.3 is 6.18 Å². The third-order valence-electron chi connectivity index (χ3n) is 2.50. The van der Waals surface area contributed by atoms with Crippen molar-refractivity contribution >= 4 is 5.91 Å². The number of alkyl halides is 3. The highest BCUT2D eigenvalue weighted by molar-refractivity contribution is 5.77. The van der Waals surface area contributed by atoms with E-state index in [9.17, 15) is 23.1 Å². The number of hydrogen-bond acceptors (Lipinski definition) is 4. The number of carbonyl (C=O) groups excluding carboxylic acids is 1. The van der Waals surface area contributed by atoms with E-state index in [0.29, 0.717) is 0 Å². The van der Waals surface area contributed by atoms with Crippen LogP contribution in [0, 0.1) is 0 Å². The van der Waals surface area contributed by atoms with Gasteiger partial charge in [-0.15, -0.1) is 0 Å². The zero-order chi connectivity index (χ0) is 15.9. The van der Waals surface area contributed by atoms with Gasteiger partial charge in [0.2, 0.25) is 5.91 Å². The summed E-state index contributed by atoms with van der Waals surface area (Å²) in [7, 11) is 1.61. The van der Waals surface area contributed by atoms with Crippen molar-refractivity contribution in [3.63, 3.8) is 0 Å². The number of hydrogen-bond donors (Lipinski definition) is 3. The molecule has 5 nitrogen and oxygen atoms in total. The Bertz CT molecular complexity index is 449. The first-order valence-electron chi connectivity index (χ1n) is 6.22. The molecule has 1 rings (SSSR count). The molecule has 0 spiro atoms. The van der Waals surface area contributed by atoms with E-state index in [1.165, 1.54) is 12.1 Å². The zero-order valence-electron chi connectivity index (χ0n) is 11.4. The molecule has 1 aromatic carbocycles. The Morgan fingerprint density at radius 1 is 1.33 bits per heavy atom. The van der Waals surface area contributed by atoms with Gasteiger partial charge in [0.25, 0.3) is 0 Å². The number of aliphatic hydroxyl groups is 1. The van der Waals surface area contributed by atoms with Crippen LogP contribution in [0.3, 0.4) is 0 Å². The molecule has 0 bridgehead atoms. The molecule has 0 saturated carbocycles. The summed E-state index contributed by atoms with van der Waals surface area (Å²) in [5.74, 6) is -0.0605. The Labute approximate surface area is 120 Å². The third kappa shape index (κ3) is 6.46. The molecule has 118 valence electrons. The second-order valence-corrected chi connectivity index (χ2v) is 4.32. The molecule has 0 fully saturated rings. The molecule has 1 aromatic rings. The lowest BCUT2D eigenvalue weighted by molar-refractivity contribution is -0.137. The van der Waals surface area contributed by atoms with E-state index in [4.69, 9.17) is 4.74 Å². The van der Waals surface area contributed by atoms with E-state index in [1.54, 1.807) is 7.05 Å². The van der Waals surface area contributed by atoms with Crippen molar-refractivity contribution in [2.45, 2.75) is 12.3 Å². The first-order chi connectivity index (χ1) is 9.82. The Kier molecular flexibility index (Phi) is 6.44. The second kappa shape index (κ2) is 7.84. The number of rotatable bonds is 7. The molecule has 3 N–H and O–H groups in total. The van der Waals surface area contributed by atoms with Crippen LogP contribution in [0.5, 0.6) is 5.75 Å². The fourth-order valence-corrected chi connectivity index (χ4v) is 1.45. The van der Waals surface area contributed by atoms with Crippen LogP contribution in [-0.2, 0) is 11.0 Å². The number of benzene rings is 1. The highest BCUT2D eigenvalue weighted by atomic mass is 19.4. The van der Waals surface area contributed by atoms with Crippen molar-refractivity contribution in [3.05, 3.63) is 29.8 Å². The molecular weight excluding hydrogens is 289 g/mol. The summed E-state index contributed by atoms with van der Waals surface area (Å²) >= 11 is 0. The Morgan fingerprint density at radius 2 is 1.95 bits per heavy atom. The average Bonchev–Trinajstić information content (AvgIpc) is 2.43. The molecule has 0 radical (unpaired) electrons. The number of halogens is 3. The number of amides is 1. The summed E-state index contributed by atoms with van der Waals surface area (Å²) in [6, 6.07) is 4.15. The van der Waals surface area contributed by atoms with Gasteiger partial charge < -0.3 is 20.5 Å². The van der Waals surface area contributed by atoms with Crippen molar-refractivity contribution in [1.82, 2.24) is 10.6 Å². The summed E-state index contributed by atoms with van der Waals surface area (Å²) in [5.41, 5.74) is -0.769. The Morgan fingerprint density at radius 3 is 2.48 bits per heavy atom. The van der Waals surface area contributed by atoms with Crippen LogP contribution in [0.4, 0.5) is 13.2 Å². The second-order valence-electron chi connectivity index (χ2n) is 4.32. The van der Waals surface area contributed by atoms with Crippen molar-refractivity contribution in [2.75, 3.05) is 26.7 Å². The fraction of sp³-hybridized carbons (Fsp3) is 0.462. The predicted molar refractivity (Wildman–Crippen MR) is 69.9 cm³/mol. The topological polar surface area (TPSA) is 70.6 Å². The van der Waals surface area contributed by atoms with Gasteiger partial charge in [0.05, 0.1) is 12.1 Å². The van der Waals surface area contributed by atoms with E-state index in [0.717, 1.165) is 12.1 Å². The van der Waals surface area contributed by atoms with Crippen molar-refractivity contribution in [3.8, 4) is 5.75 Å². The lowest BCUT2D eigenvalue weighted by atomic mass is 10.2. The summed E-state index contributed by atoms with van der Waals surface area (Å²) in [6.45, 7) is -0.00116. The van der Waals surface area contributed by atoms with Crippen molar-refractivity contribution in [2.24, 2.45) is 0 Å². The molecule has 0 aliphatic carbocycles. The molecular formula is C13H17F3N2O3. The summed E-state index contributed by atoms with van der Waals surface area (Å²) in [5, 5.41) is 14.7. The monoisotopic (exact) mass is 306 g/mol. The summed E-state index contributed by atoms with van der Waals surface area (Å²) in [6.07, 6.45) is -5.34.